The predicted octanol–water partition coefficient (Wildman–Crippen LogP) is 5.20. The fourth-order valence-electron chi connectivity index (χ4n) is 3.63. The monoisotopic (exact) mass is 362 g/mol. The zero-order valence-electron chi connectivity index (χ0n) is 15.4. The van der Waals surface area contributed by atoms with Crippen molar-refractivity contribution in [3.63, 3.8) is 0 Å². The van der Waals surface area contributed by atoms with Crippen LogP contribution in [0.5, 0.6) is 0 Å². The Kier molecular flexibility index (Phi) is 4.15. The van der Waals surface area contributed by atoms with Gasteiger partial charge in [0.15, 0.2) is 0 Å². The fourth-order valence-corrected chi connectivity index (χ4v) is 3.63. The van der Waals surface area contributed by atoms with Gasteiger partial charge in [-0.2, -0.15) is 5.10 Å². The van der Waals surface area contributed by atoms with Crippen molar-refractivity contribution in [3.05, 3.63) is 71.8 Å². The Morgan fingerprint density at radius 2 is 1.81 bits per heavy atom. The highest BCUT2D eigenvalue weighted by molar-refractivity contribution is 6.11. The van der Waals surface area contributed by atoms with Crippen LogP contribution in [0.15, 0.2) is 54.7 Å². The van der Waals surface area contributed by atoms with Crippen LogP contribution in [0.3, 0.4) is 0 Å². The molecule has 4 aromatic rings. The summed E-state index contributed by atoms with van der Waals surface area (Å²) in [5, 5.41) is 6.55. The minimum absolute atomic E-state index is 0.0365. The average Bonchev–Trinajstić information content (AvgIpc) is 3.04. The molecule has 0 amide bonds. The smallest absolute Gasteiger partial charge is 0.340 e. The van der Waals surface area contributed by atoms with E-state index in [2.05, 4.69) is 5.10 Å². The van der Waals surface area contributed by atoms with E-state index in [-0.39, 0.29) is 11.7 Å². The van der Waals surface area contributed by atoms with E-state index in [9.17, 15) is 9.18 Å². The highest BCUT2D eigenvalue weighted by Gasteiger charge is 2.28. The van der Waals surface area contributed by atoms with Crippen molar-refractivity contribution in [3.8, 4) is 11.1 Å². The molecule has 5 heteroatoms. The minimum atomic E-state index is -0.424. The molecule has 0 unspecified atom stereocenters. The van der Waals surface area contributed by atoms with Gasteiger partial charge in [-0.25, -0.2) is 13.7 Å². The zero-order valence-corrected chi connectivity index (χ0v) is 15.4. The number of hydrogen-bond acceptors (Lipinski definition) is 3. The number of benzene rings is 2. The Labute approximate surface area is 156 Å². The van der Waals surface area contributed by atoms with E-state index >= 15 is 0 Å². The van der Waals surface area contributed by atoms with Crippen LogP contribution in [0.25, 0.3) is 27.4 Å². The third-order valence-electron chi connectivity index (χ3n) is 4.78. The Bertz CT molecular complexity index is 1160. The second kappa shape index (κ2) is 6.50. The van der Waals surface area contributed by atoms with Crippen molar-refractivity contribution in [1.82, 2.24) is 9.61 Å². The lowest BCUT2D eigenvalue weighted by Crippen LogP contribution is -2.08. The van der Waals surface area contributed by atoms with Gasteiger partial charge in [-0.1, -0.05) is 50.2 Å². The molecule has 0 radical (unpaired) electrons. The topological polar surface area (TPSA) is 43.6 Å². The summed E-state index contributed by atoms with van der Waals surface area (Å²) in [4.78, 5) is 12.8. The van der Waals surface area contributed by atoms with Gasteiger partial charge >= 0.3 is 5.97 Å². The van der Waals surface area contributed by atoms with Crippen molar-refractivity contribution >= 4 is 22.3 Å². The Morgan fingerprint density at radius 3 is 2.48 bits per heavy atom. The third kappa shape index (κ3) is 2.67. The summed E-state index contributed by atoms with van der Waals surface area (Å²) in [6.45, 7) is 4.03. The number of methoxy groups -OCH3 is 1. The van der Waals surface area contributed by atoms with E-state index < -0.39 is 5.97 Å². The summed E-state index contributed by atoms with van der Waals surface area (Å²) in [5.74, 6) is -0.712. The second-order valence-corrected chi connectivity index (χ2v) is 6.78. The first kappa shape index (κ1) is 17.2. The first-order valence-electron chi connectivity index (χ1n) is 8.79. The van der Waals surface area contributed by atoms with Gasteiger partial charge in [0.1, 0.15) is 5.82 Å². The number of nitrogens with zero attached hydrogens (tertiary/aromatic N) is 2. The Morgan fingerprint density at radius 1 is 1.11 bits per heavy atom. The van der Waals surface area contributed by atoms with Crippen LogP contribution in [0.1, 0.15) is 35.8 Å². The highest BCUT2D eigenvalue weighted by atomic mass is 19.1. The van der Waals surface area contributed by atoms with Crippen molar-refractivity contribution in [2.24, 2.45) is 0 Å². The van der Waals surface area contributed by atoms with Crippen molar-refractivity contribution in [2.75, 3.05) is 7.11 Å². The first-order valence-corrected chi connectivity index (χ1v) is 8.79. The molecule has 0 aliphatic rings. The number of halogens is 1. The van der Waals surface area contributed by atoms with Gasteiger partial charge in [-0.3, -0.25) is 0 Å². The first-order chi connectivity index (χ1) is 13.0. The summed E-state index contributed by atoms with van der Waals surface area (Å²) in [6, 6.07) is 14.1. The number of rotatable bonds is 3. The summed E-state index contributed by atoms with van der Waals surface area (Å²) >= 11 is 0. The van der Waals surface area contributed by atoms with Crippen LogP contribution >= 0.6 is 0 Å². The van der Waals surface area contributed by atoms with Crippen LogP contribution in [-0.4, -0.2) is 22.7 Å². The summed E-state index contributed by atoms with van der Waals surface area (Å²) in [7, 11) is 1.37. The number of hydrogen-bond donors (Lipinski definition) is 0. The lowest BCUT2D eigenvalue weighted by atomic mass is 9.96. The number of carbonyl (C=O) groups excluding carboxylic acids is 1. The standard InChI is InChI=1S/C22H19FN2O2/c1-13(2)20-19(22(26)27-3)18(14-8-10-16(23)11-9-14)21-17-7-5-4-6-15(17)12-24-25(20)21/h4-13H,1-3H3. The molecule has 4 rings (SSSR count). The van der Waals surface area contributed by atoms with E-state index in [4.69, 9.17) is 4.74 Å². The van der Waals surface area contributed by atoms with Crippen LogP contribution < -0.4 is 0 Å². The van der Waals surface area contributed by atoms with E-state index in [1.54, 1.807) is 18.3 Å². The van der Waals surface area contributed by atoms with E-state index in [0.29, 0.717) is 5.56 Å². The largest absolute Gasteiger partial charge is 0.465 e. The Balaban J connectivity index is 2.25. The average molecular weight is 362 g/mol. The summed E-state index contributed by atoms with van der Waals surface area (Å²) < 4.78 is 20.4. The molecule has 0 saturated carbocycles. The van der Waals surface area contributed by atoms with E-state index in [1.807, 2.05) is 42.6 Å². The van der Waals surface area contributed by atoms with Crippen LogP contribution in [-0.2, 0) is 4.74 Å². The fraction of sp³-hybridized carbons (Fsp3) is 0.182. The molecule has 27 heavy (non-hydrogen) atoms. The van der Waals surface area contributed by atoms with Gasteiger partial charge in [0.25, 0.3) is 0 Å². The maximum Gasteiger partial charge on any atom is 0.340 e. The quantitative estimate of drug-likeness (QED) is 0.470. The molecule has 136 valence electrons. The number of ether oxygens (including phenoxy) is 1. The molecule has 2 heterocycles. The summed E-state index contributed by atoms with van der Waals surface area (Å²) in [6.07, 6.45) is 1.80. The number of esters is 1. The SMILES string of the molecule is COC(=O)c1c(-c2ccc(F)cc2)c2c3ccccc3cnn2c1C(C)C. The molecule has 0 aliphatic heterocycles. The third-order valence-corrected chi connectivity index (χ3v) is 4.78. The highest BCUT2D eigenvalue weighted by Crippen LogP contribution is 2.39. The number of carbonyl (C=O) groups is 1. The van der Waals surface area contributed by atoms with Gasteiger partial charge in [0.05, 0.1) is 30.1 Å². The molecule has 0 fully saturated rings. The van der Waals surface area contributed by atoms with Gasteiger partial charge in [0, 0.05) is 16.3 Å². The van der Waals surface area contributed by atoms with Crippen molar-refractivity contribution in [1.29, 1.82) is 0 Å². The lowest BCUT2D eigenvalue weighted by molar-refractivity contribution is 0.0600. The zero-order chi connectivity index (χ0) is 19.1. The van der Waals surface area contributed by atoms with Gasteiger partial charge in [0.2, 0.25) is 0 Å². The normalized spacial score (nSPS) is 11.4. The maximum atomic E-state index is 13.5. The molecule has 4 nitrogen and oxygen atoms in total. The van der Waals surface area contributed by atoms with E-state index in [1.165, 1.54) is 19.2 Å². The number of aromatic nitrogens is 2. The van der Waals surface area contributed by atoms with Crippen LogP contribution in [0.4, 0.5) is 4.39 Å². The van der Waals surface area contributed by atoms with Gasteiger partial charge in [-0.15, -0.1) is 0 Å². The lowest BCUT2D eigenvalue weighted by Gasteiger charge is -2.09. The minimum Gasteiger partial charge on any atom is -0.465 e. The molecule has 2 aromatic heterocycles. The molecule has 0 N–H and O–H groups in total. The molecule has 0 saturated heterocycles. The molecule has 0 spiro atoms. The summed E-state index contributed by atoms with van der Waals surface area (Å²) in [5.41, 5.74) is 3.54. The van der Waals surface area contributed by atoms with Crippen molar-refractivity contribution in [2.45, 2.75) is 19.8 Å². The number of fused-ring (bicyclic) bond motifs is 3. The maximum absolute atomic E-state index is 13.5. The van der Waals surface area contributed by atoms with Gasteiger partial charge < -0.3 is 4.74 Å². The van der Waals surface area contributed by atoms with Crippen molar-refractivity contribution < 1.29 is 13.9 Å². The van der Waals surface area contributed by atoms with Crippen LogP contribution in [0, 0.1) is 5.82 Å². The molecular formula is C22H19FN2O2. The Hall–Kier alpha value is -3.21. The molecule has 2 aromatic carbocycles. The molecular weight excluding hydrogens is 343 g/mol. The van der Waals surface area contributed by atoms with E-state index in [0.717, 1.165) is 33.1 Å². The van der Waals surface area contributed by atoms with Gasteiger partial charge in [-0.05, 0) is 23.6 Å². The molecule has 0 bridgehead atoms. The predicted molar refractivity (Wildman–Crippen MR) is 104 cm³/mol. The molecule has 0 aliphatic carbocycles. The van der Waals surface area contributed by atoms with Crippen LogP contribution in [0.2, 0.25) is 0 Å². The molecule has 0 atom stereocenters. The second-order valence-electron chi connectivity index (χ2n) is 6.78.